The highest BCUT2D eigenvalue weighted by Gasteiger charge is 2.12. The number of rotatable bonds is 3. The highest BCUT2D eigenvalue weighted by Crippen LogP contribution is 2.17. The predicted molar refractivity (Wildman–Crippen MR) is 54.7 cm³/mol. The molecule has 0 amide bonds. The van der Waals surface area contributed by atoms with E-state index in [0.717, 1.165) is 5.92 Å². The zero-order chi connectivity index (χ0) is 8.93. The number of H-pyrrole nitrogens is 1. The minimum atomic E-state index is 0.949. The Bertz CT molecular complexity index is 222. The molecule has 0 bridgehead atoms. The highest BCUT2D eigenvalue weighted by atomic mass is 14.9. The van der Waals surface area contributed by atoms with Crippen LogP contribution in [0.15, 0.2) is 18.3 Å². The maximum Gasteiger partial charge on any atom is 0.0147 e. The van der Waals surface area contributed by atoms with E-state index in [2.05, 4.69) is 22.4 Å². The standard InChI is InChI=1S/C11H18N2/c1-2-11(13-7-1)4-3-10-5-8-12-9-6-10/h1-2,7,10,12-13H,3-6,8-9H2. The summed E-state index contributed by atoms with van der Waals surface area (Å²) in [5.41, 5.74) is 1.39. The highest BCUT2D eigenvalue weighted by molar-refractivity contribution is 5.03. The van der Waals surface area contributed by atoms with Crippen LogP contribution < -0.4 is 5.32 Å². The van der Waals surface area contributed by atoms with Crippen molar-refractivity contribution >= 4 is 0 Å². The molecular weight excluding hydrogens is 160 g/mol. The van der Waals surface area contributed by atoms with Gasteiger partial charge in [-0.05, 0) is 56.8 Å². The molecule has 0 spiro atoms. The maximum atomic E-state index is 3.40. The minimum absolute atomic E-state index is 0.949. The van der Waals surface area contributed by atoms with Crippen LogP contribution in [0.3, 0.4) is 0 Å². The van der Waals surface area contributed by atoms with Gasteiger partial charge in [-0.2, -0.15) is 0 Å². The van der Waals surface area contributed by atoms with Crippen LogP contribution in [0.1, 0.15) is 25.0 Å². The Morgan fingerprint density at radius 2 is 2.15 bits per heavy atom. The molecule has 0 radical (unpaired) electrons. The molecule has 2 heteroatoms. The molecule has 72 valence electrons. The number of aromatic amines is 1. The second-order valence-electron chi connectivity index (χ2n) is 3.93. The molecule has 0 aliphatic carbocycles. The first-order valence-electron chi connectivity index (χ1n) is 5.28. The van der Waals surface area contributed by atoms with Crippen LogP contribution in [-0.4, -0.2) is 18.1 Å². The summed E-state index contributed by atoms with van der Waals surface area (Å²) in [4.78, 5) is 3.26. The third-order valence-electron chi connectivity index (χ3n) is 2.94. The van der Waals surface area contributed by atoms with E-state index < -0.39 is 0 Å². The van der Waals surface area contributed by atoms with Gasteiger partial charge in [0.05, 0.1) is 0 Å². The Kier molecular flexibility index (Phi) is 3.03. The lowest BCUT2D eigenvalue weighted by Crippen LogP contribution is -2.27. The molecule has 1 aliphatic rings. The quantitative estimate of drug-likeness (QED) is 0.727. The fourth-order valence-corrected chi connectivity index (χ4v) is 2.05. The third-order valence-corrected chi connectivity index (χ3v) is 2.94. The van der Waals surface area contributed by atoms with Crippen molar-refractivity contribution in [3.63, 3.8) is 0 Å². The van der Waals surface area contributed by atoms with Gasteiger partial charge in [0.1, 0.15) is 0 Å². The molecule has 1 aliphatic heterocycles. The molecule has 2 heterocycles. The Balaban J connectivity index is 1.72. The molecule has 2 N–H and O–H groups in total. The molecule has 2 rings (SSSR count). The van der Waals surface area contributed by atoms with Crippen LogP contribution in [-0.2, 0) is 6.42 Å². The van der Waals surface area contributed by atoms with Crippen molar-refractivity contribution in [3.8, 4) is 0 Å². The first kappa shape index (κ1) is 8.82. The average Bonchev–Trinajstić information content (AvgIpc) is 2.69. The first-order valence-corrected chi connectivity index (χ1v) is 5.28. The smallest absolute Gasteiger partial charge is 0.0147 e. The van der Waals surface area contributed by atoms with Crippen molar-refractivity contribution in [1.29, 1.82) is 0 Å². The van der Waals surface area contributed by atoms with E-state index in [1.54, 1.807) is 0 Å². The number of piperidine rings is 1. The zero-order valence-electron chi connectivity index (χ0n) is 8.05. The molecule has 1 aromatic rings. The van der Waals surface area contributed by atoms with Gasteiger partial charge >= 0.3 is 0 Å². The van der Waals surface area contributed by atoms with Crippen molar-refractivity contribution < 1.29 is 0 Å². The van der Waals surface area contributed by atoms with Crippen LogP contribution in [0, 0.1) is 5.92 Å². The van der Waals surface area contributed by atoms with E-state index in [0.29, 0.717) is 0 Å². The van der Waals surface area contributed by atoms with Gasteiger partial charge in [0.2, 0.25) is 0 Å². The van der Waals surface area contributed by atoms with Gasteiger partial charge in [-0.3, -0.25) is 0 Å². The SMILES string of the molecule is c1c[nH]c(CCC2CCNCC2)c1. The molecule has 0 saturated carbocycles. The van der Waals surface area contributed by atoms with Crippen LogP contribution in [0.2, 0.25) is 0 Å². The second-order valence-corrected chi connectivity index (χ2v) is 3.93. The summed E-state index contributed by atoms with van der Waals surface area (Å²) in [6.45, 7) is 2.44. The Morgan fingerprint density at radius 1 is 1.31 bits per heavy atom. The topological polar surface area (TPSA) is 27.8 Å². The summed E-state index contributed by atoms with van der Waals surface area (Å²) in [6, 6.07) is 4.26. The molecule has 0 unspecified atom stereocenters. The number of hydrogen-bond donors (Lipinski definition) is 2. The van der Waals surface area contributed by atoms with E-state index in [1.807, 2.05) is 6.20 Å². The van der Waals surface area contributed by atoms with E-state index in [9.17, 15) is 0 Å². The third kappa shape index (κ3) is 2.59. The summed E-state index contributed by atoms with van der Waals surface area (Å²) in [5, 5.41) is 3.40. The molecule has 1 fully saturated rings. The monoisotopic (exact) mass is 178 g/mol. The Morgan fingerprint density at radius 3 is 2.85 bits per heavy atom. The lowest BCUT2D eigenvalue weighted by Gasteiger charge is -2.22. The van der Waals surface area contributed by atoms with Crippen molar-refractivity contribution in [2.45, 2.75) is 25.7 Å². The van der Waals surface area contributed by atoms with Crippen LogP contribution in [0.25, 0.3) is 0 Å². The maximum absolute atomic E-state index is 3.40. The molecule has 13 heavy (non-hydrogen) atoms. The van der Waals surface area contributed by atoms with Gasteiger partial charge in [-0.1, -0.05) is 0 Å². The summed E-state index contributed by atoms with van der Waals surface area (Å²) in [7, 11) is 0. The van der Waals surface area contributed by atoms with Crippen LogP contribution in [0.5, 0.6) is 0 Å². The first-order chi connectivity index (χ1) is 6.45. The van der Waals surface area contributed by atoms with Crippen molar-refractivity contribution in [2.24, 2.45) is 5.92 Å². The number of nitrogens with one attached hydrogen (secondary N) is 2. The zero-order valence-corrected chi connectivity index (χ0v) is 8.05. The summed E-state index contributed by atoms with van der Waals surface area (Å²) in [6.07, 6.45) is 7.30. The van der Waals surface area contributed by atoms with Gasteiger partial charge < -0.3 is 10.3 Å². The number of hydrogen-bond acceptors (Lipinski definition) is 1. The predicted octanol–water partition coefficient (Wildman–Crippen LogP) is 1.95. The van der Waals surface area contributed by atoms with E-state index in [-0.39, 0.29) is 0 Å². The fraction of sp³-hybridized carbons (Fsp3) is 0.636. The van der Waals surface area contributed by atoms with Crippen molar-refractivity contribution in [1.82, 2.24) is 10.3 Å². The van der Waals surface area contributed by atoms with Gasteiger partial charge in [0.15, 0.2) is 0 Å². The van der Waals surface area contributed by atoms with Crippen molar-refractivity contribution in [3.05, 3.63) is 24.0 Å². The van der Waals surface area contributed by atoms with Gasteiger partial charge in [-0.15, -0.1) is 0 Å². The largest absolute Gasteiger partial charge is 0.365 e. The second kappa shape index (κ2) is 4.47. The fourth-order valence-electron chi connectivity index (χ4n) is 2.05. The van der Waals surface area contributed by atoms with Crippen molar-refractivity contribution in [2.75, 3.05) is 13.1 Å². The molecular formula is C11H18N2. The van der Waals surface area contributed by atoms with E-state index >= 15 is 0 Å². The normalized spacial score (nSPS) is 19.1. The minimum Gasteiger partial charge on any atom is -0.365 e. The summed E-state index contributed by atoms with van der Waals surface area (Å²) < 4.78 is 0. The lowest BCUT2D eigenvalue weighted by molar-refractivity contribution is 0.353. The van der Waals surface area contributed by atoms with Crippen LogP contribution in [0.4, 0.5) is 0 Å². The molecule has 0 atom stereocenters. The van der Waals surface area contributed by atoms with Gasteiger partial charge in [0, 0.05) is 11.9 Å². The average molecular weight is 178 g/mol. The van der Waals surface area contributed by atoms with Crippen LogP contribution >= 0.6 is 0 Å². The molecule has 0 aromatic carbocycles. The molecule has 2 nitrogen and oxygen atoms in total. The number of aromatic nitrogens is 1. The van der Waals surface area contributed by atoms with E-state index in [1.165, 1.54) is 44.5 Å². The Labute approximate surface area is 79.7 Å². The van der Waals surface area contributed by atoms with Gasteiger partial charge in [0.25, 0.3) is 0 Å². The lowest BCUT2D eigenvalue weighted by atomic mass is 9.93. The van der Waals surface area contributed by atoms with E-state index in [4.69, 9.17) is 0 Å². The van der Waals surface area contributed by atoms with Gasteiger partial charge in [-0.25, -0.2) is 0 Å². The summed E-state index contributed by atoms with van der Waals surface area (Å²) >= 11 is 0. The molecule has 1 saturated heterocycles. The molecule has 1 aromatic heterocycles. The summed E-state index contributed by atoms with van der Waals surface area (Å²) in [5.74, 6) is 0.949. The number of aryl methyl sites for hydroxylation is 1. The Hall–Kier alpha value is -0.760.